The summed E-state index contributed by atoms with van der Waals surface area (Å²) in [4.78, 5) is 25.6. The van der Waals surface area contributed by atoms with Crippen molar-refractivity contribution >= 4 is 35.2 Å². The molecule has 0 spiro atoms. The van der Waals surface area contributed by atoms with Crippen LogP contribution in [-0.4, -0.2) is 34.7 Å². The molecule has 1 aromatic rings. The quantitative estimate of drug-likeness (QED) is 0.784. The summed E-state index contributed by atoms with van der Waals surface area (Å²) in [7, 11) is 0. The predicted octanol–water partition coefficient (Wildman–Crippen LogP) is 3.65. The van der Waals surface area contributed by atoms with Crippen LogP contribution >= 0.6 is 23.4 Å². The molecule has 1 fully saturated rings. The number of esters is 1. The van der Waals surface area contributed by atoms with Crippen molar-refractivity contribution in [2.45, 2.75) is 38.2 Å². The van der Waals surface area contributed by atoms with Gasteiger partial charge in [-0.1, -0.05) is 23.7 Å². The smallest absolute Gasteiger partial charge is 0.308 e. The molecule has 1 amide bonds. The molecule has 0 aliphatic carbocycles. The fourth-order valence-corrected chi connectivity index (χ4v) is 3.64. The van der Waals surface area contributed by atoms with Gasteiger partial charge in [-0.25, -0.2) is 0 Å². The Morgan fingerprint density at radius 3 is 2.82 bits per heavy atom. The number of thioether (sulfide) groups is 1. The summed E-state index contributed by atoms with van der Waals surface area (Å²) in [5, 5.41) is 0.554. The minimum atomic E-state index is -0.507. The van der Waals surface area contributed by atoms with Gasteiger partial charge in [0.15, 0.2) is 0 Å². The second-order valence-electron chi connectivity index (χ2n) is 6.14. The van der Waals surface area contributed by atoms with Crippen LogP contribution in [0.25, 0.3) is 0 Å². The lowest BCUT2D eigenvalue weighted by atomic mass is 10.2. The molecule has 2 rings (SSSR count). The second kappa shape index (κ2) is 6.92. The Morgan fingerprint density at radius 2 is 2.18 bits per heavy atom. The number of hydrogen-bond acceptors (Lipinski definition) is 4. The lowest BCUT2D eigenvalue weighted by Gasteiger charge is -2.25. The van der Waals surface area contributed by atoms with Crippen LogP contribution in [0.1, 0.15) is 38.1 Å². The summed E-state index contributed by atoms with van der Waals surface area (Å²) in [5.74, 6) is 0.173. The van der Waals surface area contributed by atoms with Crippen molar-refractivity contribution in [3.8, 4) is 0 Å². The number of rotatable bonds is 4. The van der Waals surface area contributed by atoms with E-state index in [1.165, 1.54) is 0 Å². The molecule has 0 bridgehead atoms. The number of benzene rings is 1. The van der Waals surface area contributed by atoms with E-state index in [0.717, 1.165) is 5.56 Å². The Bertz CT molecular complexity index is 571. The third-order valence-electron chi connectivity index (χ3n) is 3.08. The number of halogens is 1. The van der Waals surface area contributed by atoms with E-state index < -0.39 is 5.60 Å². The highest BCUT2D eigenvalue weighted by atomic mass is 35.5. The number of ether oxygens (including phenoxy) is 1. The van der Waals surface area contributed by atoms with Crippen molar-refractivity contribution < 1.29 is 14.3 Å². The van der Waals surface area contributed by atoms with Gasteiger partial charge in [0.25, 0.3) is 0 Å². The first-order valence-corrected chi connectivity index (χ1v) is 8.57. The van der Waals surface area contributed by atoms with Crippen LogP contribution in [0.4, 0.5) is 0 Å². The van der Waals surface area contributed by atoms with E-state index in [2.05, 4.69) is 0 Å². The van der Waals surface area contributed by atoms with Crippen LogP contribution in [0, 0.1) is 0 Å². The number of carbonyl (C=O) groups is 2. The van der Waals surface area contributed by atoms with Crippen LogP contribution in [0.2, 0.25) is 5.02 Å². The first-order valence-electron chi connectivity index (χ1n) is 7.15. The van der Waals surface area contributed by atoms with Gasteiger partial charge in [0.05, 0.1) is 12.2 Å². The Kier molecular flexibility index (Phi) is 5.40. The Labute approximate surface area is 140 Å². The van der Waals surface area contributed by atoms with Gasteiger partial charge in [-0.05, 0) is 38.5 Å². The topological polar surface area (TPSA) is 46.6 Å². The van der Waals surface area contributed by atoms with Crippen LogP contribution in [0.15, 0.2) is 24.3 Å². The van der Waals surface area contributed by atoms with E-state index >= 15 is 0 Å². The van der Waals surface area contributed by atoms with E-state index in [-0.39, 0.29) is 23.7 Å². The van der Waals surface area contributed by atoms with Gasteiger partial charge in [0, 0.05) is 11.6 Å². The lowest BCUT2D eigenvalue weighted by molar-refractivity contribution is -0.155. The molecule has 1 atom stereocenters. The second-order valence-corrected chi connectivity index (χ2v) is 7.65. The maximum atomic E-state index is 12.1. The first-order chi connectivity index (χ1) is 10.3. The molecule has 120 valence electrons. The number of carbonyl (C=O) groups excluding carboxylic acids is 2. The summed E-state index contributed by atoms with van der Waals surface area (Å²) in [5.41, 5.74) is 0.472. The monoisotopic (exact) mass is 341 g/mol. The van der Waals surface area contributed by atoms with E-state index in [9.17, 15) is 9.59 Å². The first kappa shape index (κ1) is 17.2. The van der Waals surface area contributed by atoms with E-state index in [0.29, 0.717) is 17.3 Å². The molecule has 1 aliphatic rings. The molecule has 0 radical (unpaired) electrons. The fourth-order valence-electron chi connectivity index (χ4n) is 2.24. The zero-order valence-corrected chi connectivity index (χ0v) is 14.5. The van der Waals surface area contributed by atoms with Crippen molar-refractivity contribution in [1.82, 2.24) is 4.90 Å². The van der Waals surface area contributed by atoms with Crippen LogP contribution < -0.4 is 0 Å². The highest BCUT2D eigenvalue weighted by molar-refractivity contribution is 8.00. The number of hydrogen-bond donors (Lipinski definition) is 0. The average molecular weight is 342 g/mol. The third kappa shape index (κ3) is 4.65. The molecule has 0 aromatic heterocycles. The van der Waals surface area contributed by atoms with Crippen molar-refractivity contribution in [2.24, 2.45) is 0 Å². The average Bonchev–Trinajstić information content (AvgIpc) is 2.75. The Hall–Kier alpha value is -1.20. The molecule has 22 heavy (non-hydrogen) atoms. The lowest BCUT2D eigenvalue weighted by Crippen LogP contribution is -2.32. The maximum Gasteiger partial charge on any atom is 0.308 e. The van der Waals surface area contributed by atoms with Crippen molar-refractivity contribution in [1.29, 1.82) is 0 Å². The fraction of sp³-hybridized carbons (Fsp3) is 0.500. The molecule has 0 N–H and O–H groups in total. The summed E-state index contributed by atoms with van der Waals surface area (Å²) in [6.07, 6.45) is 0.195. The van der Waals surface area contributed by atoms with Crippen LogP contribution in [-0.2, 0) is 14.3 Å². The Morgan fingerprint density at radius 1 is 1.45 bits per heavy atom. The van der Waals surface area contributed by atoms with Gasteiger partial charge in [0.2, 0.25) is 5.91 Å². The summed E-state index contributed by atoms with van der Waals surface area (Å²) < 4.78 is 5.29. The molecule has 6 heteroatoms. The normalized spacial score (nSPS) is 18.6. The van der Waals surface area contributed by atoms with Gasteiger partial charge >= 0.3 is 5.97 Å². The minimum Gasteiger partial charge on any atom is -0.460 e. The van der Waals surface area contributed by atoms with E-state index in [4.69, 9.17) is 16.3 Å². The maximum absolute atomic E-state index is 12.1. The predicted molar refractivity (Wildman–Crippen MR) is 88.8 cm³/mol. The highest BCUT2D eigenvalue weighted by Crippen LogP contribution is 2.39. The highest BCUT2D eigenvalue weighted by Gasteiger charge is 2.33. The molecule has 1 heterocycles. The van der Waals surface area contributed by atoms with Crippen molar-refractivity contribution in [2.75, 3.05) is 12.3 Å². The summed E-state index contributed by atoms with van der Waals surface area (Å²) >= 11 is 7.57. The van der Waals surface area contributed by atoms with Gasteiger partial charge in [-0.3, -0.25) is 9.59 Å². The molecule has 4 nitrogen and oxygen atoms in total. The minimum absolute atomic E-state index is 0.0403. The van der Waals surface area contributed by atoms with Gasteiger partial charge in [-0.15, -0.1) is 11.8 Å². The SMILES string of the molecule is CC(C)(C)OC(=O)CCN1C(=O)CSC1c1cccc(Cl)c1. The molecule has 1 aliphatic heterocycles. The molecule has 1 unspecified atom stereocenters. The molecule has 1 saturated heterocycles. The molecule has 1 aromatic carbocycles. The molecular formula is C16H20ClNO3S. The zero-order valence-electron chi connectivity index (χ0n) is 13.0. The van der Waals surface area contributed by atoms with Crippen molar-refractivity contribution in [3.05, 3.63) is 34.9 Å². The largest absolute Gasteiger partial charge is 0.460 e. The van der Waals surface area contributed by atoms with Gasteiger partial charge < -0.3 is 9.64 Å². The molecular weight excluding hydrogens is 322 g/mol. The van der Waals surface area contributed by atoms with Crippen LogP contribution in [0.3, 0.4) is 0 Å². The van der Waals surface area contributed by atoms with E-state index in [1.54, 1.807) is 22.7 Å². The van der Waals surface area contributed by atoms with Gasteiger partial charge in [-0.2, -0.15) is 0 Å². The van der Waals surface area contributed by atoms with Gasteiger partial charge in [0.1, 0.15) is 11.0 Å². The molecule has 0 saturated carbocycles. The van der Waals surface area contributed by atoms with E-state index in [1.807, 2.05) is 39.0 Å². The summed E-state index contributed by atoms with van der Waals surface area (Å²) in [6.45, 7) is 5.85. The number of amides is 1. The zero-order chi connectivity index (χ0) is 16.3. The standard InChI is InChI=1S/C16H20ClNO3S/c1-16(2,3)21-14(20)7-8-18-13(19)10-22-15(18)11-5-4-6-12(17)9-11/h4-6,9,15H,7-8,10H2,1-3H3. The number of nitrogens with zero attached hydrogens (tertiary/aromatic N) is 1. The summed E-state index contributed by atoms with van der Waals surface area (Å²) in [6, 6.07) is 7.48. The van der Waals surface area contributed by atoms with Crippen molar-refractivity contribution in [3.63, 3.8) is 0 Å². The Balaban J connectivity index is 2.01. The third-order valence-corrected chi connectivity index (χ3v) is 4.57. The van der Waals surface area contributed by atoms with Crippen LogP contribution in [0.5, 0.6) is 0 Å².